The summed E-state index contributed by atoms with van der Waals surface area (Å²) in [5, 5.41) is 5.12. The van der Waals surface area contributed by atoms with Crippen LogP contribution in [0.2, 0.25) is 0 Å². The van der Waals surface area contributed by atoms with E-state index in [9.17, 15) is 4.79 Å². The van der Waals surface area contributed by atoms with Crippen LogP contribution in [0, 0.1) is 13.8 Å². The average Bonchev–Trinajstić information content (AvgIpc) is 3.10. The van der Waals surface area contributed by atoms with Crippen molar-refractivity contribution in [3.63, 3.8) is 0 Å². The Labute approximate surface area is 161 Å². The highest BCUT2D eigenvalue weighted by Crippen LogP contribution is 2.28. The summed E-state index contributed by atoms with van der Waals surface area (Å²) in [6.07, 6.45) is 0. The number of carbonyl (C=O) groups is 1. The Hall–Kier alpha value is -2.68. The maximum Gasteiger partial charge on any atom is 0.245 e. The van der Waals surface area contributed by atoms with Crippen LogP contribution in [0.3, 0.4) is 0 Å². The standard InChI is InChI=1S/C19H21N5O2S/c1-11-7-16(22-12(2)21-11)13-5-4-6-14(8-13)17-10-27-19(23-17)24-18(25)15(20)9-26-3/h4-8,10,15H,9,20H2,1-3H3,(H,23,24,25)/t15-/m0/s1. The lowest BCUT2D eigenvalue weighted by Crippen LogP contribution is -2.39. The number of hydrogen-bond donors (Lipinski definition) is 2. The van der Waals surface area contributed by atoms with Gasteiger partial charge in [-0.3, -0.25) is 4.79 Å². The Bertz CT molecular complexity index is 937. The second-order valence-electron chi connectivity index (χ2n) is 6.11. The molecule has 7 nitrogen and oxygen atoms in total. The fourth-order valence-corrected chi connectivity index (χ4v) is 3.34. The number of anilines is 1. The van der Waals surface area contributed by atoms with Gasteiger partial charge in [-0.25, -0.2) is 15.0 Å². The third-order valence-corrected chi connectivity index (χ3v) is 4.60. The molecular formula is C19H21N5O2S. The summed E-state index contributed by atoms with van der Waals surface area (Å²) in [5.41, 5.74) is 10.2. The van der Waals surface area contributed by atoms with Gasteiger partial charge in [0.05, 0.1) is 18.0 Å². The number of nitrogens with two attached hydrogens (primary N) is 1. The maximum atomic E-state index is 12.0. The van der Waals surface area contributed by atoms with Crippen molar-refractivity contribution in [2.75, 3.05) is 19.0 Å². The molecule has 0 saturated carbocycles. The molecule has 0 aliphatic heterocycles. The molecule has 1 atom stereocenters. The van der Waals surface area contributed by atoms with E-state index in [1.807, 2.05) is 49.6 Å². The summed E-state index contributed by atoms with van der Waals surface area (Å²) in [6, 6.07) is 9.19. The van der Waals surface area contributed by atoms with Crippen LogP contribution in [-0.2, 0) is 9.53 Å². The van der Waals surface area contributed by atoms with E-state index in [1.165, 1.54) is 18.4 Å². The highest BCUT2D eigenvalue weighted by Gasteiger charge is 2.15. The van der Waals surface area contributed by atoms with Crippen molar-refractivity contribution in [1.29, 1.82) is 0 Å². The maximum absolute atomic E-state index is 12.0. The molecular weight excluding hydrogens is 362 g/mol. The number of carbonyl (C=O) groups excluding carboxylic acids is 1. The second kappa shape index (κ2) is 8.34. The first-order chi connectivity index (χ1) is 13.0. The van der Waals surface area contributed by atoms with E-state index >= 15 is 0 Å². The summed E-state index contributed by atoms with van der Waals surface area (Å²) >= 11 is 1.35. The fourth-order valence-electron chi connectivity index (χ4n) is 2.62. The van der Waals surface area contributed by atoms with Crippen molar-refractivity contribution in [2.24, 2.45) is 5.73 Å². The summed E-state index contributed by atoms with van der Waals surface area (Å²) in [6.45, 7) is 3.99. The molecule has 2 aromatic heterocycles. The third kappa shape index (κ3) is 4.73. The Morgan fingerprint density at radius 2 is 1.93 bits per heavy atom. The number of nitrogens with zero attached hydrogens (tertiary/aromatic N) is 3. The molecule has 3 N–H and O–H groups in total. The molecule has 1 aromatic carbocycles. The first kappa shape index (κ1) is 19.1. The Balaban J connectivity index is 1.82. The summed E-state index contributed by atoms with van der Waals surface area (Å²) in [7, 11) is 1.50. The van der Waals surface area contributed by atoms with E-state index in [4.69, 9.17) is 10.5 Å². The van der Waals surface area contributed by atoms with E-state index in [-0.39, 0.29) is 12.5 Å². The normalized spacial score (nSPS) is 12.0. The van der Waals surface area contributed by atoms with E-state index < -0.39 is 6.04 Å². The minimum Gasteiger partial charge on any atom is -0.383 e. The monoisotopic (exact) mass is 383 g/mol. The topological polar surface area (TPSA) is 103 Å². The van der Waals surface area contributed by atoms with Gasteiger partial charge in [0.2, 0.25) is 5.91 Å². The van der Waals surface area contributed by atoms with Gasteiger partial charge in [0.15, 0.2) is 5.13 Å². The lowest BCUT2D eigenvalue weighted by Gasteiger charge is -2.08. The van der Waals surface area contributed by atoms with Crippen LogP contribution in [0.25, 0.3) is 22.5 Å². The Morgan fingerprint density at radius 3 is 2.63 bits per heavy atom. The number of ether oxygens (including phenoxy) is 1. The number of aromatic nitrogens is 3. The molecule has 2 heterocycles. The highest BCUT2D eigenvalue weighted by molar-refractivity contribution is 7.14. The summed E-state index contributed by atoms with van der Waals surface area (Å²) in [4.78, 5) is 25.3. The number of thiazole rings is 1. The number of nitrogens with one attached hydrogen (secondary N) is 1. The number of aryl methyl sites for hydroxylation is 2. The molecule has 0 fully saturated rings. The molecule has 8 heteroatoms. The molecule has 3 rings (SSSR count). The van der Waals surface area contributed by atoms with Crippen LogP contribution < -0.4 is 11.1 Å². The van der Waals surface area contributed by atoms with Gasteiger partial charge in [-0.15, -0.1) is 11.3 Å². The lowest BCUT2D eigenvalue weighted by atomic mass is 10.1. The number of hydrogen-bond acceptors (Lipinski definition) is 7. The molecule has 0 aliphatic carbocycles. The van der Waals surface area contributed by atoms with Crippen molar-refractivity contribution >= 4 is 22.4 Å². The zero-order valence-electron chi connectivity index (χ0n) is 15.4. The van der Waals surface area contributed by atoms with Gasteiger partial charge >= 0.3 is 0 Å². The predicted octanol–water partition coefficient (Wildman–Crippen LogP) is 2.80. The second-order valence-corrected chi connectivity index (χ2v) is 6.97. The van der Waals surface area contributed by atoms with Gasteiger partial charge < -0.3 is 15.8 Å². The molecule has 3 aromatic rings. The average molecular weight is 383 g/mol. The van der Waals surface area contributed by atoms with Crippen LogP contribution in [0.15, 0.2) is 35.7 Å². The molecule has 0 aliphatic rings. The third-order valence-electron chi connectivity index (χ3n) is 3.84. The number of benzene rings is 1. The van der Waals surface area contributed by atoms with Crippen molar-refractivity contribution in [3.8, 4) is 22.5 Å². The fraction of sp³-hybridized carbons (Fsp3) is 0.263. The van der Waals surface area contributed by atoms with Crippen molar-refractivity contribution in [3.05, 3.63) is 47.2 Å². The van der Waals surface area contributed by atoms with E-state index in [1.54, 1.807) is 0 Å². The van der Waals surface area contributed by atoms with Crippen LogP contribution >= 0.6 is 11.3 Å². The first-order valence-corrected chi connectivity index (χ1v) is 9.28. The molecule has 0 unspecified atom stereocenters. The number of methoxy groups -OCH3 is 1. The lowest BCUT2D eigenvalue weighted by molar-refractivity contribution is -0.118. The predicted molar refractivity (Wildman–Crippen MR) is 107 cm³/mol. The summed E-state index contributed by atoms with van der Waals surface area (Å²) in [5.74, 6) is 0.417. The van der Waals surface area contributed by atoms with Crippen LogP contribution in [0.5, 0.6) is 0 Å². The van der Waals surface area contributed by atoms with E-state index in [0.717, 1.165) is 34.0 Å². The molecule has 140 valence electrons. The SMILES string of the molecule is COC[C@H](N)C(=O)Nc1nc(-c2cccc(-c3cc(C)nc(C)n3)c2)cs1. The zero-order valence-corrected chi connectivity index (χ0v) is 16.2. The zero-order chi connectivity index (χ0) is 19.4. The van der Waals surface area contributed by atoms with Crippen molar-refractivity contribution in [1.82, 2.24) is 15.0 Å². The van der Waals surface area contributed by atoms with Crippen LogP contribution in [-0.4, -0.2) is 40.6 Å². The smallest absolute Gasteiger partial charge is 0.245 e. The number of rotatable bonds is 6. The van der Waals surface area contributed by atoms with E-state index in [2.05, 4.69) is 20.3 Å². The van der Waals surface area contributed by atoms with Gasteiger partial charge in [0, 0.05) is 29.3 Å². The van der Waals surface area contributed by atoms with Gasteiger partial charge in [-0.1, -0.05) is 18.2 Å². The molecule has 0 saturated heterocycles. The summed E-state index contributed by atoms with van der Waals surface area (Å²) < 4.78 is 4.90. The van der Waals surface area contributed by atoms with Gasteiger partial charge in [-0.2, -0.15) is 0 Å². The van der Waals surface area contributed by atoms with Gasteiger partial charge in [0.25, 0.3) is 0 Å². The quantitative estimate of drug-likeness (QED) is 0.678. The Morgan fingerprint density at radius 1 is 1.19 bits per heavy atom. The molecule has 0 spiro atoms. The van der Waals surface area contributed by atoms with E-state index in [0.29, 0.717) is 5.13 Å². The Kier molecular flexibility index (Phi) is 5.90. The van der Waals surface area contributed by atoms with Crippen molar-refractivity contribution < 1.29 is 9.53 Å². The molecule has 1 amide bonds. The minimum atomic E-state index is -0.727. The molecule has 0 radical (unpaired) electrons. The molecule has 0 bridgehead atoms. The van der Waals surface area contributed by atoms with Crippen molar-refractivity contribution in [2.45, 2.75) is 19.9 Å². The first-order valence-electron chi connectivity index (χ1n) is 8.40. The van der Waals surface area contributed by atoms with Crippen LogP contribution in [0.1, 0.15) is 11.5 Å². The highest BCUT2D eigenvalue weighted by atomic mass is 32.1. The van der Waals surface area contributed by atoms with Gasteiger partial charge in [0.1, 0.15) is 11.9 Å². The number of amides is 1. The minimum absolute atomic E-state index is 0.157. The molecule has 27 heavy (non-hydrogen) atoms. The van der Waals surface area contributed by atoms with Crippen LogP contribution in [0.4, 0.5) is 5.13 Å². The van der Waals surface area contributed by atoms with Gasteiger partial charge in [-0.05, 0) is 26.0 Å². The largest absolute Gasteiger partial charge is 0.383 e.